The third-order valence-corrected chi connectivity index (χ3v) is 5.17. The molecule has 4 aromatic rings. The molecule has 6 nitrogen and oxygen atoms in total. The van der Waals surface area contributed by atoms with Crippen molar-refractivity contribution in [1.29, 1.82) is 0 Å². The van der Waals surface area contributed by atoms with Crippen LogP contribution in [0.25, 0.3) is 22.1 Å². The molecule has 2 amide bonds. The molecule has 1 aliphatic carbocycles. The van der Waals surface area contributed by atoms with Crippen LogP contribution in [0.15, 0.2) is 77.7 Å². The number of carbonyl (C=O) groups is 2. The summed E-state index contributed by atoms with van der Waals surface area (Å²) >= 11 is 0. The summed E-state index contributed by atoms with van der Waals surface area (Å²) in [5.41, 5.74) is 2.38. The number of amides is 2. The first kappa shape index (κ1) is 18.1. The van der Waals surface area contributed by atoms with Gasteiger partial charge in [0.15, 0.2) is 12.2 Å². The normalized spacial score (nSPS) is 13.2. The fraction of sp³-hybridized carbons (Fsp3) is 0.125. The molecule has 0 atom stereocenters. The van der Waals surface area contributed by atoms with E-state index in [2.05, 4.69) is 15.6 Å². The number of oxazole rings is 1. The molecule has 0 radical (unpaired) electrons. The van der Waals surface area contributed by atoms with E-state index in [1.165, 1.54) is 6.39 Å². The monoisotopic (exact) mass is 397 g/mol. The molecule has 1 fully saturated rings. The molecule has 0 bridgehead atoms. The number of nitrogens with one attached hydrogen (secondary N) is 2. The standard InChI is InChI=1S/C24H19N3O3/c28-23(15-8-9-15)27-21-12-17-5-2-1-4-16(17)11-20(21)24(29)26-19-7-3-6-18(10-19)22-13-25-14-30-22/h1-7,10-15H,8-9H2,(H,26,29)(H,27,28). The van der Waals surface area contributed by atoms with Gasteiger partial charge in [0.1, 0.15) is 0 Å². The minimum Gasteiger partial charge on any atom is -0.444 e. The summed E-state index contributed by atoms with van der Waals surface area (Å²) in [7, 11) is 0. The number of carbonyl (C=O) groups excluding carboxylic acids is 2. The van der Waals surface area contributed by atoms with Gasteiger partial charge in [0, 0.05) is 17.2 Å². The van der Waals surface area contributed by atoms with Gasteiger partial charge in [0.25, 0.3) is 5.91 Å². The van der Waals surface area contributed by atoms with Gasteiger partial charge in [0.2, 0.25) is 5.91 Å². The quantitative estimate of drug-likeness (QED) is 0.491. The van der Waals surface area contributed by atoms with Crippen molar-refractivity contribution in [2.75, 3.05) is 10.6 Å². The van der Waals surface area contributed by atoms with Crippen LogP contribution in [0, 0.1) is 5.92 Å². The summed E-state index contributed by atoms with van der Waals surface area (Å²) in [6, 6.07) is 18.8. The van der Waals surface area contributed by atoms with Crippen LogP contribution < -0.4 is 10.6 Å². The van der Waals surface area contributed by atoms with Crippen molar-refractivity contribution in [1.82, 2.24) is 4.98 Å². The van der Waals surface area contributed by atoms with Gasteiger partial charge >= 0.3 is 0 Å². The third kappa shape index (κ3) is 3.67. The SMILES string of the molecule is O=C(Nc1cccc(-c2cnco2)c1)c1cc2ccccc2cc1NC(=O)C1CC1. The van der Waals surface area contributed by atoms with Crippen LogP contribution in [-0.4, -0.2) is 16.8 Å². The molecule has 3 aromatic carbocycles. The number of fused-ring (bicyclic) bond motifs is 1. The van der Waals surface area contributed by atoms with E-state index in [1.54, 1.807) is 12.3 Å². The van der Waals surface area contributed by atoms with Gasteiger partial charge in [-0.05, 0) is 47.9 Å². The zero-order valence-electron chi connectivity index (χ0n) is 16.1. The first-order chi connectivity index (χ1) is 14.7. The van der Waals surface area contributed by atoms with Crippen molar-refractivity contribution >= 4 is 34.0 Å². The molecule has 0 spiro atoms. The number of rotatable bonds is 5. The molecule has 1 aliphatic rings. The van der Waals surface area contributed by atoms with Crippen LogP contribution in [0.5, 0.6) is 0 Å². The van der Waals surface area contributed by atoms with Crippen molar-refractivity contribution in [3.05, 3.63) is 78.8 Å². The van der Waals surface area contributed by atoms with E-state index in [9.17, 15) is 9.59 Å². The Morgan fingerprint density at radius 1 is 0.933 bits per heavy atom. The predicted molar refractivity (Wildman–Crippen MR) is 115 cm³/mol. The highest BCUT2D eigenvalue weighted by Crippen LogP contribution is 2.32. The maximum Gasteiger partial charge on any atom is 0.257 e. The molecule has 1 saturated carbocycles. The van der Waals surface area contributed by atoms with E-state index in [1.807, 2.05) is 54.6 Å². The van der Waals surface area contributed by atoms with Gasteiger partial charge in [-0.15, -0.1) is 0 Å². The Bertz CT molecular complexity index is 1240. The first-order valence-electron chi connectivity index (χ1n) is 9.81. The molecular weight excluding hydrogens is 378 g/mol. The highest BCUT2D eigenvalue weighted by Gasteiger charge is 2.30. The van der Waals surface area contributed by atoms with Crippen LogP contribution >= 0.6 is 0 Å². The summed E-state index contributed by atoms with van der Waals surface area (Å²) in [4.78, 5) is 29.4. The van der Waals surface area contributed by atoms with Crippen LogP contribution in [-0.2, 0) is 4.79 Å². The van der Waals surface area contributed by atoms with Crippen LogP contribution in [0.1, 0.15) is 23.2 Å². The largest absolute Gasteiger partial charge is 0.444 e. The Balaban J connectivity index is 1.47. The maximum atomic E-state index is 13.1. The van der Waals surface area contributed by atoms with E-state index in [0.29, 0.717) is 22.7 Å². The fourth-order valence-corrected chi connectivity index (χ4v) is 3.42. The summed E-state index contributed by atoms with van der Waals surface area (Å²) in [5.74, 6) is 0.341. The second-order valence-electron chi connectivity index (χ2n) is 7.41. The highest BCUT2D eigenvalue weighted by molar-refractivity contribution is 6.13. The molecule has 5 rings (SSSR count). The number of nitrogens with zero attached hydrogens (tertiary/aromatic N) is 1. The second-order valence-corrected chi connectivity index (χ2v) is 7.41. The number of hydrogen-bond donors (Lipinski definition) is 2. The molecule has 148 valence electrons. The van der Waals surface area contributed by atoms with Crippen LogP contribution in [0.4, 0.5) is 11.4 Å². The predicted octanol–water partition coefficient (Wildman–Crippen LogP) is 5.10. The zero-order chi connectivity index (χ0) is 20.5. The minimum absolute atomic E-state index is 0.0355. The zero-order valence-corrected chi connectivity index (χ0v) is 16.1. The second kappa shape index (κ2) is 7.48. The summed E-state index contributed by atoms with van der Waals surface area (Å²) in [6.07, 6.45) is 4.78. The maximum absolute atomic E-state index is 13.1. The number of benzene rings is 3. The molecule has 0 aliphatic heterocycles. The fourth-order valence-electron chi connectivity index (χ4n) is 3.42. The van der Waals surface area contributed by atoms with Crippen molar-refractivity contribution in [2.24, 2.45) is 5.92 Å². The lowest BCUT2D eigenvalue weighted by Gasteiger charge is -2.13. The van der Waals surface area contributed by atoms with Gasteiger partial charge in [-0.3, -0.25) is 9.59 Å². The van der Waals surface area contributed by atoms with E-state index < -0.39 is 0 Å². The summed E-state index contributed by atoms with van der Waals surface area (Å²) in [6.45, 7) is 0. The molecular formula is C24H19N3O3. The summed E-state index contributed by atoms with van der Waals surface area (Å²) in [5, 5.41) is 7.77. The lowest BCUT2D eigenvalue weighted by molar-refractivity contribution is -0.117. The topological polar surface area (TPSA) is 84.2 Å². The van der Waals surface area contributed by atoms with E-state index in [4.69, 9.17) is 4.42 Å². The molecule has 0 saturated heterocycles. The van der Waals surface area contributed by atoms with Crippen molar-refractivity contribution in [3.8, 4) is 11.3 Å². The van der Waals surface area contributed by atoms with Gasteiger partial charge in [-0.1, -0.05) is 36.4 Å². The highest BCUT2D eigenvalue weighted by atomic mass is 16.3. The Hall–Kier alpha value is -3.93. The van der Waals surface area contributed by atoms with E-state index in [0.717, 1.165) is 29.2 Å². The molecule has 1 heterocycles. The molecule has 0 unspecified atom stereocenters. The molecule has 6 heteroatoms. The van der Waals surface area contributed by atoms with Gasteiger partial charge in [-0.25, -0.2) is 4.98 Å². The first-order valence-corrected chi connectivity index (χ1v) is 9.81. The molecule has 30 heavy (non-hydrogen) atoms. The number of hydrogen-bond acceptors (Lipinski definition) is 4. The lowest BCUT2D eigenvalue weighted by atomic mass is 10.0. The average Bonchev–Trinajstić information content (AvgIpc) is 3.47. The van der Waals surface area contributed by atoms with Gasteiger partial charge < -0.3 is 15.1 Å². The van der Waals surface area contributed by atoms with Crippen LogP contribution in [0.2, 0.25) is 0 Å². The number of anilines is 2. The Morgan fingerprint density at radius 3 is 2.47 bits per heavy atom. The smallest absolute Gasteiger partial charge is 0.257 e. The van der Waals surface area contributed by atoms with Gasteiger partial charge in [0.05, 0.1) is 17.4 Å². The van der Waals surface area contributed by atoms with E-state index >= 15 is 0 Å². The van der Waals surface area contributed by atoms with Crippen molar-refractivity contribution in [3.63, 3.8) is 0 Å². The Kier molecular flexibility index (Phi) is 4.52. The van der Waals surface area contributed by atoms with Gasteiger partial charge in [-0.2, -0.15) is 0 Å². The third-order valence-electron chi connectivity index (χ3n) is 5.17. The van der Waals surface area contributed by atoms with E-state index in [-0.39, 0.29) is 17.7 Å². The van der Waals surface area contributed by atoms with Crippen molar-refractivity contribution in [2.45, 2.75) is 12.8 Å². The Morgan fingerprint density at radius 2 is 1.73 bits per heavy atom. The molecule has 2 N–H and O–H groups in total. The molecule has 1 aromatic heterocycles. The van der Waals surface area contributed by atoms with Crippen LogP contribution in [0.3, 0.4) is 0 Å². The average molecular weight is 397 g/mol. The lowest BCUT2D eigenvalue weighted by Crippen LogP contribution is -2.19. The summed E-state index contributed by atoms with van der Waals surface area (Å²) < 4.78 is 5.33. The van der Waals surface area contributed by atoms with Crippen molar-refractivity contribution < 1.29 is 14.0 Å². The minimum atomic E-state index is -0.290. The number of aromatic nitrogens is 1. The Labute approximate surface area is 172 Å².